The molecule has 0 atom stereocenters. The van der Waals surface area contributed by atoms with Crippen molar-refractivity contribution in [3.05, 3.63) is 64.0 Å². The molecule has 0 radical (unpaired) electrons. The van der Waals surface area contributed by atoms with Crippen molar-refractivity contribution in [2.24, 2.45) is 0 Å². The molecule has 6 heteroatoms. The second-order valence-corrected chi connectivity index (χ2v) is 4.76. The Morgan fingerprint density at radius 2 is 2.05 bits per heavy atom. The van der Waals surface area contributed by atoms with Gasteiger partial charge >= 0.3 is 0 Å². The molecule has 108 valence electrons. The number of benzene rings is 1. The molecule has 0 fully saturated rings. The van der Waals surface area contributed by atoms with Crippen LogP contribution in [0.5, 0.6) is 0 Å². The normalized spacial score (nSPS) is 10.2. The monoisotopic (exact) mass is 286 g/mol. The van der Waals surface area contributed by atoms with E-state index in [1.165, 1.54) is 12.1 Å². The SMILES string of the molecule is Cc1ccc[n+](CC(=O)Nc2cccc([N+](=O)[O-])c2)c1C. The van der Waals surface area contributed by atoms with Gasteiger partial charge in [-0.25, -0.2) is 0 Å². The first kappa shape index (κ1) is 14.6. The third kappa shape index (κ3) is 3.62. The number of nitro groups is 1. The highest BCUT2D eigenvalue weighted by Crippen LogP contribution is 2.16. The highest BCUT2D eigenvalue weighted by atomic mass is 16.6. The fourth-order valence-electron chi connectivity index (χ4n) is 1.97. The molecular weight excluding hydrogens is 270 g/mol. The number of non-ortho nitro benzene ring substituents is 1. The Morgan fingerprint density at radius 3 is 2.76 bits per heavy atom. The van der Waals surface area contributed by atoms with Gasteiger partial charge in [0.1, 0.15) is 0 Å². The third-order valence-electron chi connectivity index (χ3n) is 3.27. The standard InChI is InChI=1S/C15H15N3O3/c1-11-5-4-8-17(12(11)2)10-15(19)16-13-6-3-7-14(9-13)18(20)21/h3-9H,10H2,1-2H3/p+1. The Bertz CT molecular complexity index is 698. The number of amides is 1. The predicted octanol–water partition coefficient (Wildman–Crippen LogP) is 2.14. The summed E-state index contributed by atoms with van der Waals surface area (Å²) in [6.07, 6.45) is 1.83. The Kier molecular flexibility index (Phi) is 4.27. The number of nitrogens with one attached hydrogen (secondary N) is 1. The second kappa shape index (κ2) is 6.13. The van der Waals surface area contributed by atoms with Gasteiger partial charge in [0.05, 0.1) is 4.92 Å². The number of nitrogens with zero attached hydrogens (tertiary/aromatic N) is 2. The van der Waals surface area contributed by atoms with Gasteiger partial charge in [-0.1, -0.05) is 6.07 Å². The first-order valence-corrected chi connectivity index (χ1v) is 6.47. The van der Waals surface area contributed by atoms with E-state index in [9.17, 15) is 14.9 Å². The lowest BCUT2D eigenvalue weighted by Gasteiger charge is -2.05. The van der Waals surface area contributed by atoms with Crippen LogP contribution in [0, 0.1) is 24.0 Å². The summed E-state index contributed by atoms with van der Waals surface area (Å²) in [5.41, 5.74) is 2.47. The van der Waals surface area contributed by atoms with E-state index in [1.54, 1.807) is 12.1 Å². The van der Waals surface area contributed by atoms with Gasteiger partial charge in [-0.3, -0.25) is 14.9 Å². The van der Waals surface area contributed by atoms with Crippen LogP contribution < -0.4 is 9.88 Å². The summed E-state index contributed by atoms with van der Waals surface area (Å²) >= 11 is 0. The van der Waals surface area contributed by atoms with Gasteiger partial charge < -0.3 is 5.32 Å². The maximum Gasteiger partial charge on any atom is 0.290 e. The smallest absolute Gasteiger partial charge is 0.290 e. The highest BCUT2D eigenvalue weighted by Gasteiger charge is 2.14. The summed E-state index contributed by atoms with van der Waals surface area (Å²) in [6, 6.07) is 9.74. The van der Waals surface area contributed by atoms with Crippen LogP contribution in [-0.4, -0.2) is 10.8 Å². The molecule has 1 heterocycles. The lowest BCUT2D eigenvalue weighted by Crippen LogP contribution is -2.43. The van der Waals surface area contributed by atoms with Crippen LogP contribution in [0.2, 0.25) is 0 Å². The van der Waals surface area contributed by atoms with Crippen molar-refractivity contribution in [1.29, 1.82) is 0 Å². The fraction of sp³-hybridized carbons (Fsp3) is 0.200. The van der Waals surface area contributed by atoms with Gasteiger partial charge in [0.2, 0.25) is 6.54 Å². The summed E-state index contributed by atoms with van der Waals surface area (Å²) in [6.45, 7) is 4.08. The zero-order chi connectivity index (χ0) is 15.4. The summed E-state index contributed by atoms with van der Waals surface area (Å²) in [5, 5.41) is 13.4. The quantitative estimate of drug-likeness (QED) is 0.531. The molecule has 1 aromatic heterocycles. The Balaban J connectivity index is 2.10. The van der Waals surface area contributed by atoms with E-state index in [4.69, 9.17) is 0 Å². The van der Waals surface area contributed by atoms with Gasteiger partial charge in [-0.2, -0.15) is 4.57 Å². The molecule has 0 aliphatic rings. The van der Waals surface area contributed by atoms with Crippen molar-refractivity contribution in [2.75, 3.05) is 5.32 Å². The number of rotatable bonds is 4. The van der Waals surface area contributed by atoms with Crippen molar-refractivity contribution in [3.63, 3.8) is 0 Å². The Hall–Kier alpha value is -2.76. The second-order valence-electron chi connectivity index (χ2n) is 4.76. The maximum atomic E-state index is 12.0. The predicted molar refractivity (Wildman–Crippen MR) is 77.8 cm³/mol. The molecule has 0 saturated carbocycles. The molecule has 0 aliphatic heterocycles. The first-order valence-electron chi connectivity index (χ1n) is 6.47. The van der Waals surface area contributed by atoms with Crippen LogP contribution >= 0.6 is 0 Å². The molecule has 6 nitrogen and oxygen atoms in total. The van der Waals surface area contributed by atoms with Gasteiger partial charge in [0.25, 0.3) is 11.6 Å². The first-order chi connectivity index (χ1) is 9.97. The van der Waals surface area contributed by atoms with Crippen molar-refractivity contribution < 1.29 is 14.3 Å². The molecule has 1 N–H and O–H groups in total. The molecule has 2 rings (SSSR count). The number of pyridine rings is 1. The number of carbonyl (C=O) groups excluding carboxylic acids is 1. The van der Waals surface area contributed by atoms with Crippen LogP contribution in [0.25, 0.3) is 0 Å². The molecule has 1 aromatic carbocycles. The molecule has 0 aliphatic carbocycles. The number of aryl methyl sites for hydroxylation is 1. The minimum atomic E-state index is -0.491. The molecule has 0 saturated heterocycles. The fourth-order valence-corrected chi connectivity index (χ4v) is 1.97. The zero-order valence-corrected chi connectivity index (χ0v) is 11.9. The number of aromatic nitrogens is 1. The molecule has 2 aromatic rings. The van der Waals surface area contributed by atoms with Crippen LogP contribution in [0.1, 0.15) is 11.3 Å². The molecule has 0 spiro atoms. The number of carbonyl (C=O) groups is 1. The largest absolute Gasteiger partial charge is 0.320 e. The van der Waals surface area contributed by atoms with E-state index < -0.39 is 4.92 Å². The number of hydrogen-bond acceptors (Lipinski definition) is 3. The molecule has 0 bridgehead atoms. The van der Waals surface area contributed by atoms with Gasteiger partial charge in [-0.15, -0.1) is 0 Å². The molecule has 21 heavy (non-hydrogen) atoms. The number of hydrogen-bond donors (Lipinski definition) is 1. The number of anilines is 1. The minimum Gasteiger partial charge on any atom is -0.320 e. The van der Waals surface area contributed by atoms with Gasteiger partial charge in [0.15, 0.2) is 11.9 Å². The van der Waals surface area contributed by atoms with E-state index in [0.29, 0.717) is 5.69 Å². The topological polar surface area (TPSA) is 76.1 Å². The lowest BCUT2D eigenvalue weighted by molar-refractivity contribution is -0.690. The summed E-state index contributed by atoms with van der Waals surface area (Å²) in [4.78, 5) is 22.2. The Morgan fingerprint density at radius 1 is 1.29 bits per heavy atom. The average molecular weight is 286 g/mol. The van der Waals surface area contributed by atoms with E-state index >= 15 is 0 Å². The van der Waals surface area contributed by atoms with Crippen LogP contribution in [-0.2, 0) is 11.3 Å². The van der Waals surface area contributed by atoms with E-state index in [2.05, 4.69) is 5.32 Å². The summed E-state index contributed by atoms with van der Waals surface area (Å²) in [7, 11) is 0. The Labute approximate surface area is 122 Å². The van der Waals surface area contributed by atoms with Crippen LogP contribution in [0.4, 0.5) is 11.4 Å². The van der Waals surface area contributed by atoms with Gasteiger partial charge in [0, 0.05) is 36.4 Å². The molecular formula is C15H16N3O3+. The van der Waals surface area contributed by atoms with Crippen molar-refractivity contribution in [1.82, 2.24) is 0 Å². The van der Waals surface area contributed by atoms with E-state index in [-0.39, 0.29) is 18.1 Å². The molecule has 0 unspecified atom stereocenters. The van der Waals surface area contributed by atoms with Crippen molar-refractivity contribution >= 4 is 17.3 Å². The van der Waals surface area contributed by atoms with E-state index in [0.717, 1.165) is 11.3 Å². The molecule has 1 amide bonds. The van der Waals surface area contributed by atoms with E-state index in [1.807, 2.05) is 36.7 Å². The van der Waals surface area contributed by atoms with Crippen LogP contribution in [0.3, 0.4) is 0 Å². The number of nitro benzene ring substituents is 1. The summed E-state index contributed by atoms with van der Waals surface area (Å²) < 4.78 is 1.84. The third-order valence-corrected chi connectivity index (χ3v) is 3.27. The maximum absolute atomic E-state index is 12.0. The van der Waals surface area contributed by atoms with Crippen LogP contribution in [0.15, 0.2) is 42.6 Å². The summed E-state index contributed by atoms with van der Waals surface area (Å²) in [5.74, 6) is -0.228. The highest BCUT2D eigenvalue weighted by molar-refractivity contribution is 5.90. The van der Waals surface area contributed by atoms with Crippen molar-refractivity contribution in [3.8, 4) is 0 Å². The minimum absolute atomic E-state index is 0.0489. The lowest BCUT2D eigenvalue weighted by atomic mass is 10.2. The van der Waals surface area contributed by atoms with Crippen molar-refractivity contribution in [2.45, 2.75) is 20.4 Å². The van der Waals surface area contributed by atoms with Gasteiger partial charge in [-0.05, 0) is 19.1 Å². The average Bonchev–Trinajstić information content (AvgIpc) is 2.44. The zero-order valence-electron chi connectivity index (χ0n) is 11.9.